The van der Waals surface area contributed by atoms with Gasteiger partial charge in [0.1, 0.15) is 17.2 Å². The van der Waals surface area contributed by atoms with Crippen molar-refractivity contribution in [2.45, 2.75) is 38.4 Å². The van der Waals surface area contributed by atoms with E-state index in [2.05, 4.69) is 41.1 Å². The van der Waals surface area contributed by atoms with Crippen molar-refractivity contribution in [1.29, 1.82) is 5.53 Å². The van der Waals surface area contributed by atoms with Gasteiger partial charge in [-0.05, 0) is 72.9 Å². The lowest BCUT2D eigenvalue weighted by Gasteiger charge is -2.29. The van der Waals surface area contributed by atoms with E-state index in [0.717, 1.165) is 67.6 Å². The van der Waals surface area contributed by atoms with E-state index in [4.69, 9.17) is 31.3 Å². The first-order valence-corrected chi connectivity index (χ1v) is 18.6. The fourth-order valence-corrected chi connectivity index (χ4v) is 6.07. The number of nitrogens with one attached hydrogen (secondary N) is 3. The number of alkyl halides is 3. The minimum absolute atomic E-state index is 0.0812. The number of anilines is 2. The smallest absolute Gasteiger partial charge is 0.379 e. The highest BCUT2D eigenvalue weighted by Gasteiger charge is 2.33. The molecule has 0 aliphatic carbocycles. The maximum Gasteiger partial charge on any atom is 0.417 e. The van der Waals surface area contributed by atoms with Crippen LogP contribution in [-0.2, 0) is 33.4 Å². The number of aromatic nitrogens is 3. The summed E-state index contributed by atoms with van der Waals surface area (Å²) in [6.45, 7) is 4.82. The van der Waals surface area contributed by atoms with E-state index in [1.165, 1.54) is 6.07 Å². The summed E-state index contributed by atoms with van der Waals surface area (Å²) < 4.78 is 58.1. The summed E-state index contributed by atoms with van der Waals surface area (Å²) in [4.78, 5) is 32.1. The Morgan fingerprint density at radius 3 is 2.44 bits per heavy atom. The summed E-state index contributed by atoms with van der Waals surface area (Å²) in [5, 5.41) is 18.2. The molecule has 57 heavy (non-hydrogen) atoms. The van der Waals surface area contributed by atoms with Gasteiger partial charge in [-0.2, -0.15) is 18.3 Å². The van der Waals surface area contributed by atoms with Gasteiger partial charge in [-0.1, -0.05) is 35.0 Å². The average Bonchev–Trinajstić information content (AvgIpc) is 3.65. The first-order chi connectivity index (χ1) is 27.6. The van der Waals surface area contributed by atoms with E-state index in [1.807, 2.05) is 18.3 Å². The Hall–Kier alpha value is -5.52. The quantitative estimate of drug-likeness (QED) is 0.0312. The number of rotatable bonds is 20. The van der Waals surface area contributed by atoms with Crippen molar-refractivity contribution in [3.8, 4) is 0 Å². The van der Waals surface area contributed by atoms with Crippen LogP contribution in [0.1, 0.15) is 62.4 Å². The highest BCUT2D eigenvalue weighted by Crippen LogP contribution is 2.35. The Bertz CT molecular complexity index is 2030. The van der Waals surface area contributed by atoms with Gasteiger partial charge in [0.25, 0.3) is 11.8 Å². The van der Waals surface area contributed by atoms with Crippen LogP contribution in [0.5, 0.6) is 0 Å². The Labute approximate surface area is 331 Å². The van der Waals surface area contributed by atoms with E-state index < -0.39 is 28.6 Å². The zero-order valence-electron chi connectivity index (χ0n) is 31.0. The summed E-state index contributed by atoms with van der Waals surface area (Å²) in [5.74, 6) is -1.12. The molecule has 0 atom stereocenters. The normalized spacial score (nSPS) is 13.1. The Morgan fingerprint density at radius 2 is 1.68 bits per heavy atom. The number of hydrogen-bond donors (Lipinski definition) is 3. The number of ether oxygens (including phenoxy) is 3. The molecule has 2 amide bonds. The van der Waals surface area contributed by atoms with Gasteiger partial charge in [-0.15, -0.1) is 5.10 Å². The van der Waals surface area contributed by atoms with Crippen molar-refractivity contribution in [2.75, 3.05) is 69.5 Å². The first-order valence-electron chi connectivity index (χ1n) is 18.3. The van der Waals surface area contributed by atoms with Crippen LogP contribution in [0.15, 0.2) is 77.1 Å². The Morgan fingerprint density at radius 1 is 0.930 bits per heavy atom. The molecule has 0 unspecified atom stereocenters. The van der Waals surface area contributed by atoms with Crippen LogP contribution in [0.3, 0.4) is 0 Å². The summed E-state index contributed by atoms with van der Waals surface area (Å²) >= 11 is 5.73. The molecule has 1 aliphatic rings. The van der Waals surface area contributed by atoms with Gasteiger partial charge in [0, 0.05) is 37.0 Å². The molecule has 3 N–H and O–H groups in total. The molecule has 5 rings (SSSR count). The molecule has 1 aromatic heterocycles. The Balaban J connectivity index is 1.16. The molecule has 302 valence electrons. The molecule has 1 saturated heterocycles. The number of nitrogens with zero attached hydrogens (tertiary/aromatic N) is 7. The molecule has 0 spiro atoms. The lowest BCUT2D eigenvalue weighted by Crippen LogP contribution is -2.30. The van der Waals surface area contributed by atoms with Gasteiger partial charge < -0.3 is 24.4 Å². The molecule has 0 bridgehead atoms. The minimum Gasteiger partial charge on any atom is -0.379 e. The number of carbonyl (C=O) groups is 2. The number of piperidine rings is 1. The van der Waals surface area contributed by atoms with E-state index >= 15 is 0 Å². The average molecular weight is 812 g/mol. The number of carbonyl (C=O) groups excluding carboxylic acids is 2. The maximum atomic E-state index is 13.6. The highest BCUT2D eigenvalue weighted by atomic mass is 35.5. The summed E-state index contributed by atoms with van der Waals surface area (Å²) in [6, 6.07) is 15.4. The van der Waals surface area contributed by atoms with E-state index in [9.17, 15) is 22.8 Å². The van der Waals surface area contributed by atoms with Crippen LogP contribution < -0.4 is 20.6 Å². The fraction of sp³-hybridized carbons (Fsp3) is 0.395. The third kappa shape index (κ3) is 13.6. The van der Waals surface area contributed by atoms with Gasteiger partial charge >= 0.3 is 6.18 Å². The van der Waals surface area contributed by atoms with Crippen LogP contribution in [0.2, 0.25) is 5.02 Å². The summed E-state index contributed by atoms with van der Waals surface area (Å²) in [7, 11) is 0. The van der Waals surface area contributed by atoms with Crippen molar-refractivity contribution >= 4 is 41.0 Å². The molecule has 0 radical (unpaired) electrons. The van der Waals surface area contributed by atoms with Crippen molar-refractivity contribution in [3.63, 3.8) is 0 Å². The zero-order chi connectivity index (χ0) is 40.5. The second-order valence-corrected chi connectivity index (χ2v) is 13.2. The van der Waals surface area contributed by atoms with E-state index in [1.54, 1.807) is 35.0 Å². The highest BCUT2D eigenvalue weighted by molar-refractivity contribution is 6.31. The third-order valence-corrected chi connectivity index (χ3v) is 9.00. The van der Waals surface area contributed by atoms with Crippen LogP contribution in [0, 0.1) is 5.53 Å². The second kappa shape index (κ2) is 21.7. The SMILES string of the molecule is N=[N+]=NCCOCCOCCOCCc1cn(Cc2cccc(C(=O)Nc3ccc(N4CCCCC4)cc3C(=O)N/N=C/c3ccc(Cl)c(C(F)(F)F)c3)c2)nn1. The van der Waals surface area contributed by atoms with Crippen LogP contribution in [0.4, 0.5) is 24.5 Å². The van der Waals surface area contributed by atoms with Crippen molar-refractivity contribution in [3.05, 3.63) is 105 Å². The van der Waals surface area contributed by atoms with E-state index in [-0.39, 0.29) is 16.8 Å². The van der Waals surface area contributed by atoms with Gasteiger partial charge in [0.05, 0.1) is 79.9 Å². The van der Waals surface area contributed by atoms with Gasteiger partial charge in [0.15, 0.2) is 0 Å². The van der Waals surface area contributed by atoms with Crippen molar-refractivity contribution < 1.29 is 37.0 Å². The molecular formula is C38H43ClF3N10O5+. The minimum atomic E-state index is -4.66. The predicted molar refractivity (Wildman–Crippen MR) is 206 cm³/mol. The lowest BCUT2D eigenvalue weighted by atomic mass is 10.1. The standard InChI is InChI=1S/C38H42ClF3N10O5/c39-34-9-7-27(22-33(34)38(40,41)42)24-45-48-37(54)32-23-31(51-13-2-1-3-14-51)8-10-35(32)46-36(53)29-6-4-5-28(21-29)25-52-26-30(47-50-52)11-15-55-17-19-57-20-18-56-16-12-44-49-43/h4-10,21-24,26,43H,1-3,11-20,25H2,(H-,46,48,53,54)/p+1/b45-24+. The molecule has 15 nitrogen and oxygen atoms in total. The van der Waals surface area contributed by atoms with Gasteiger partial charge in [-0.25, -0.2) is 10.1 Å². The number of hydrazone groups is 1. The summed E-state index contributed by atoms with van der Waals surface area (Å²) in [5.41, 5.74) is 11.1. The van der Waals surface area contributed by atoms with Gasteiger partial charge in [-0.3, -0.25) is 9.59 Å². The first kappa shape index (κ1) is 42.6. The van der Waals surface area contributed by atoms with Crippen molar-refractivity contribution in [2.24, 2.45) is 10.2 Å². The topological polar surface area (TPSA) is 183 Å². The van der Waals surface area contributed by atoms with Crippen molar-refractivity contribution in [1.82, 2.24) is 25.3 Å². The molecule has 1 aliphatic heterocycles. The summed E-state index contributed by atoms with van der Waals surface area (Å²) in [6.07, 6.45) is 1.91. The van der Waals surface area contributed by atoms with Crippen LogP contribution in [0.25, 0.3) is 0 Å². The molecule has 19 heteroatoms. The predicted octanol–water partition coefficient (Wildman–Crippen LogP) is 6.15. The van der Waals surface area contributed by atoms with Crippen LogP contribution >= 0.6 is 11.6 Å². The molecule has 2 heterocycles. The van der Waals surface area contributed by atoms with Crippen LogP contribution in [-0.4, -0.2) is 92.3 Å². The molecule has 1 fully saturated rings. The van der Waals surface area contributed by atoms with E-state index in [0.29, 0.717) is 64.7 Å². The fourth-order valence-electron chi connectivity index (χ4n) is 5.84. The second-order valence-electron chi connectivity index (χ2n) is 12.8. The number of amides is 2. The Kier molecular flexibility index (Phi) is 16.2. The number of hydrogen-bond acceptors (Lipinski definition) is 11. The number of halogens is 4. The lowest BCUT2D eigenvalue weighted by molar-refractivity contribution is -0.137. The molecule has 3 aromatic carbocycles. The molecular weight excluding hydrogens is 769 g/mol. The zero-order valence-corrected chi connectivity index (χ0v) is 31.8. The maximum absolute atomic E-state index is 13.6. The monoisotopic (exact) mass is 811 g/mol. The third-order valence-electron chi connectivity index (χ3n) is 8.67. The molecule has 4 aromatic rings. The molecule has 0 saturated carbocycles. The number of benzene rings is 3. The van der Waals surface area contributed by atoms with Gasteiger partial charge in [0.2, 0.25) is 4.91 Å². The largest absolute Gasteiger partial charge is 0.417 e.